The Morgan fingerprint density at radius 2 is 2.11 bits per heavy atom. The topological polar surface area (TPSA) is 50.2 Å². The summed E-state index contributed by atoms with van der Waals surface area (Å²) in [6, 6.07) is 6.00. The third-order valence-electron chi connectivity index (χ3n) is 2.67. The van der Waals surface area contributed by atoms with Gasteiger partial charge in [0.25, 0.3) is 0 Å². The van der Waals surface area contributed by atoms with Crippen molar-refractivity contribution in [3.8, 4) is 11.3 Å². The van der Waals surface area contributed by atoms with Crippen LogP contribution in [0.15, 0.2) is 29.6 Å². The monoisotopic (exact) mass is 265 g/mol. The van der Waals surface area contributed by atoms with E-state index in [0.717, 1.165) is 5.56 Å². The molecule has 18 heavy (non-hydrogen) atoms. The highest BCUT2D eigenvalue weighted by atomic mass is 32.1. The van der Waals surface area contributed by atoms with Gasteiger partial charge in [0.1, 0.15) is 16.7 Å². The average Bonchev–Trinajstić information content (AvgIpc) is 2.80. The minimum absolute atomic E-state index is 0.300. The summed E-state index contributed by atoms with van der Waals surface area (Å²) in [5.74, 6) is -1.73. The molecule has 2 aromatic rings. The van der Waals surface area contributed by atoms with Gasteiger partial charge in [-0.3, -0.25) is 4.79 Å². The molecule has 0 saturated heterocycles. The van der Waals surface area contributed by atoms with Gasteiger partial charge in [-0.05, 0) is 30.7 Å². The van der Waals surface area contributed by atoms with Crippen LogP contribution < -0.4 is 0 Å². The molecule has 0 radical (unpaired) electrons. The van der Waals surface area contributed by atoms with Crippen LogP contribution in [0.1, 0.15) is 24.3 Å². The van der Waals surface area contributed by atoms with Crippen LogP contribution in [0.4, 0.5) is 4.39 Å². The van der Waals surface area contributed by atoms with Crippen molar-refractivity contribution in [2.75, 3.05) is 0 Å². The van der Waals surface area contributed by atoms with Gasteiger partial charge in [0.05, 0.1) is 5.69 Å². The molecule has 0 fully saturated rings. The number of hydrogen-bond acceptors (Lipinski definition) is 3. The van der Waals surface area contributed by atoms with Gasteiger partial charge < -0.3 is 5.11 Å². The minimum Gasteiger partial charge on any atom is -0.481 e. The molecule has 1 N–H and O–H groups in total. The van der Waals surface area contributed by atoms with Crippen molar-refractivity contribution in [3.05, 3.63) is 40.5 Å². The number of rotatable bonds is 4. The van der Waals surface area contributed by atoms with Gasteiger partial charge >= 0.3 is 5.97 Å². The zero-order valence-corrected chi connectivity index (χ0v) is 10.6. The number of nitrogens with zero attached hydrogens (tertiary/aromatic N) is 1. The lowest BCUT2D eigenvalue weighted by Gasteiger charge is -2.04. The normalized spacial score (nSPS) is 12.3. The standard InChI is InChI=1S/C13H12FNO2S/c1-2-10(13(16)17)12-15-11(7-18-12)8-3-5-9(14)6-4-8/h3-7,10H,2H2,1H3,(H,16,17). The summed E-state index contributed by atoms with van der Waals surface area (Å²) >= 11 is 1.32. The Morgan fingerprint density at radius 1 is 1.44 bits per heavy atom. The molecule has 1 aromatic heterocycles. The number of halogens is 1. The van der Waals surface area contributed by atoms with E-state index in [1.807, 2.05) is 6.92 Å². The van der Waals surface area contributed by atoms with Crippen LogP contribution in [-0.2, 0) is 4.79 Å². The number of carbonyl (C=O) groups is 1. The first-order valence-corrected chi connectivity index (χ1v) is 6.44. The summed E-state index contributed by atoms with van der Waals surface area (Å²) in [4.78, 5) is 15.4. The number of aliphatic carboxylic acids is 1. The Morgan fingerprint density at radius 3 is 2.67 bits per heavy atom. The largest absolute Gasteiger partial charge is 0.481 e. The highest BCUT2D eigenvalue weighted by molar-refractivity contribution is 7.10. The molecular weight excluding hydrogens is 253 g/mol. The number of aromatic nitrogens is 1. The van der Waals surface area contributed by atoms with E-state index in [2.05, 4.69) is 4.98 Å². The molecule has 3 nitrogen and oxygen atoms in total. The predicted molar refractivity (Wildman–Crippen MR) is 68.2 cm³/mol. The molecule has 1 aromatic carbocycles. The van der Waals surface area contributed by atoms with Crippen molar-refractivity contribution in [2.45, 2.75) is 19.3 Å². The molecular formula is C13H12FNO2S. The van der Waals surface area contributed by atoms with Crippen LogP contribution in [0, 0.1) is 5.82 Å². The number of carboxylic acid groups (broad SMARTS) is 1. The molecule has 0 saturated carbocycles. The van der Waals surface area contributed by atoms with Crippen LogP contribution in [0.25, 0.3) is 11.3 Å². The fourth-order valence-electron chi connectivity index (χ4n) is 1.66. The van der Waals surface area contributed by atoms with Gasteiger partial charge in [-0.2, -0.15) is 0 Å². The Kier molecular flexibility index (Phi) is 3.72. The summed E-state index contributed by atoms with van der Waals surface area (Å²) in [7, 11) is 0. The van der Waals surface area contributed by atoms with Gasteiger partial charge in [-0.15, -0.1) is 11.3 Å². The lowest BCUT2D eigenvalue weighted by atomic mass is 10.1. The maximum atomic E-state index is 12.8. The van der Waals surface area contributed by atoms with Crippen LogP contribution in [0.5, 0.6) is 0 Å². The maximum Gasteiger partial charge on any atom is 0.313 e. The third-order valence-corrected chi connectivity index (χ3v) is 3.62. The molecule has 0 aliphatic rings. The fraction of sp³-hybridized carbons (Fsp3) is 0.231. The first-order chi connectivity index (χ1) is 8.61. The molecule has 94 valence electrons. The lowest BCUT2D eigenvalue weighted by Crippen LogP contribution is -2.09. The molecule has 0 spiro atoms. The smallest absolute Gasteiger partial charge is 0.313 e. The number of thiazole rings is 1. The Balaban J connectivity index is 2.30. The maximum absolute atomic E-state index is 12.8. The molecule has 0 aliphatic carbocycles. The summed E-state index contributed by atoms with van der Waals surface area (Å²) < 4.78 is 12.8. The summed E-state index contributed by atoms with van der Waals surface area (Å²) in [6.07, 6.45) is 0.506. The highest BCUT2D eigenvalue weighted by Crippen LogP contribution is 2.28. The van der Waals surface area contributed by atoms with Crippen molar-refractivity contribution in [1.29, 1.82) is 0 Å². The van der Waals surface area contributed by atoms with E-state index < -0.39 is 11.9 Å². The van der Waals surface area contributed by atoms with Crippen LogP contribution in [-0.4, -0.2) is 16.1 Å². The molecule has 0 bridgehead atoms. The first kappa shape index (κ1) is 12.7. The molecule has 1 atom stereocenters. The van der Waals surface area contributed by atoms with E-state index in [1.165, 1.54) is 23.5 Å². The van der Waals surface area contributed by atoms with Crippen molar-refractivity contribution in [3.63, 3.8) is 0 Å². The van der Waals surface area contributed by atoms with Gasteiger partial charge in [-0.25, -0.2) is 9.37 Å². The SMILES string of the molecule is CCC(C(=O)O)c1nc(-c2ccc(F)cc2)cs1. The van der Waals surface area contributed by atoms with Gasteiger partial charge in [0.15, 0.2) is 0 Å². The van der Waals surface area contributed by atoms with Gasteiger partial charge in [0, 0.05) is 10.9 Å². The van der Waals surface area contributed by atoms with Crippen molar-refractivity contribution >= 4 is 17.3 Å². The highest BCUT2D eigenvalue weighted by Gasteiger charge is 2.21. The summed E-state index contributed by atoms with van der Waals surface area (Å²) in [6.45, 7) is 1.82. The summed E-state index contributed by atoms with van der Waals surface area (Å²) in [5, 5.41) is 11.4. The second kappa shape index (κ2) is 5.27. The predicted octanol–water partition coefficient (Wildman–Crippen LogP) is 3.53. The molecule has 1 unspecified atom stereocenters. The van der Waals surface area contributed by atoms with Crippen molar-refractivity contribution in [1.82, 2.24) is 4.98 Å². The van der Waals surface area contributed by atoms with E-state index >= 15 is 0 Å². The molecule has 2 rings (SSSR count). The molecule has 0 aliphatic heterocycles. The molecule has 0 amide bonds. The Labute approximate surface area is 108 Å². The van der Waals surface area contributed by atoms with E-state index in [0.29, 0.717) is 17.1 Å². The van der Waals surface area contributed by atoms with E-state index in [-0.39, 0.29) is 5.82 Å². The zero-order valence-electron chi connectivity index (χ0n) is 9.76. The van der Waals surface area contributed by atoms with Gasteiger partial charge in [0.2, 0.25) is 0 Å². The van der Waals surface area contributed by atoms with Gasteiger partial charge in [-0.1, -0.05) is 6.92 Å². The molecule has 1 heterocycles. The third kappa shape index (κ3) is 2.56. The van der Waals surface area contributed by atoms with E-state index in [9.17, 15) is 9.18 Å². The first-order valence-electron chi connectivity index (χ1n) is 5.56. The number of carboxylic acids is 1. The Hall–Kier alpha value is -1.75. The van der Waals surface area contributed by atoms with E-state index in [4.69, 9.17) is 5.11 Å². The average molecular weight is 265 g/mol. The lowest BCUT2D eigenvalue weighted by molar-refractivity contribution is -0.138. The summed E-state index contributed by atoms with van der Waals surface area (Å²) in [5.41, 5.74) is 1.48. The number of hydrogen-bond donors (Lipinski definition) is 1. The van der Waals surface area contributed by atoms with Crippen LogP contribution in [0.2, 0.25) is 0 Å². The fourth-order valence-corrected chi connectivity index (χ4v) is 2.66. The second-order valence-electron chi connectivity index (χ2n) is 3.88. The second-order valence-corrected chi connectivity index (χ2v) is 4.77. The Bertz CT molecular complexity index is 550. The van der Waals surface area contributed by atoms with E-state index in [1.54, 1.807) is 17.5 Å². The van der Waals surface area contributed by atoms with Crippen molar-refractivity contribution in [2.24, 2.45) is 0 Å². The quantitative estimate of drug-likeness (QED) is 0.920. The minimum atomic E-state index is -0.863. The molecule has 5 heteroatoms. The number of benzene rings is 1. The van der Waals surface area contributed by atoms with Crippen LogP contribution >= 0.6 is 11.3 Å². The van der Waals surface area contributed by atoms with Crippen molar-refractivity contribution < 1.29 is 14.3 Å². The van der Waals surface area contributed by atoms with Crippen LogP contribution in [0.3, 0.4) is 0 Å². The zero-order chi connectivity index (χ0) is 13.1.